The van der Waals surface area contributed by atoms with Crippen molar-refractivity contribution >= 4 is 23.2 Å². The summed E-state index contributed by atoms with van der Waals surface area (Å²) in [6, 6.07) is 12.8. The van der Waals surface area contributed by atoms with Crippen molar-refractivity contribution in [3.8, 4) is 0 Å². The molecule has 0 bridgehead atoms. The third-order valence-corrected chi connectivity index (χ3v) is 4.06. The number of rotatable bonds is 5. The van der Waals surface area contributed by atoms with Gasteiger partial charge >= 0.3 is 5.97 Å². The number of hydrogen-bond acceptors (Lipinski definition) is 4. The lowest BCUT2D eigenvalue weighted by molar-refractivity contribution is -0.130. The van der Waals surface area contributed by atoms with E-state index < -0.39 is 12.1 Å². The highest BCUT2D eigenvalue weighted by atomic mass is 32.1. The number of thiophene rings is 1. The molecular weight excluding hydrogens is 286 g/mol. The molecule has 1 aromatic heterocycles. The zero-order chi connectivity index (χ0) is 14.7. The predicted molar refractivity (Wildman–Crippen MR) is 80.1 cm³/mol. The van der Waals surface area contributed by atoms with Gasteiger partial charge in [0.2, 0.25) is 6.10 Å². The summed E-state index contributed by atoms with van der Waals surface area (Å²) in [6.45, 7) is 0. The average Bonchev–Trinajstić information content (AvgIpc) is 3.15. The molecule has 1 aromatic carbocycles. The first-order valence-corrected chi connectivity index (χ1v) is 7.72. The van der Waals surface area contributed by atoms with E-state index in [-0.39, 0.29) is 11.9 Å². The second kappa shape index (κ2) is 6.10. The van der Waals surface area contributed by atoms with Crippen molar-refractivity contribution in [2.75, 3.05) is 0 Å². The van der Waals surface area contributed by atoms with Gasteiger partial charge in [-0.15, -0.1) is 11.3 Å². The van der Waals surface area contributed by atoms with Gasteiger partial charge in [0.15, 0.2) is 0 Å². The van der Waals surface area contributed by atoms with Crippen LogP contribution < -0.4 is 5.32 Å². The summed E-state index contributed by atoms with van der Waals surface area (Å²) in [7, 11) is 0. The fraction of sp³-hybridized carbons (Fsp3) is 0.250. The summed E-state index contributed by atoms with van der Waals surface area (Å²) < 4.78 is 5.43. The van der Waals surface area contributed by atoms with Crippen LogP contribution in [0.25, 0.3) is 0 Å². The Morgan fingerprint density at radius 1 is 1.14 bits per heavy atom. The molecular formula is C16H15NO3S. The van der Waals surface area contributed by atoms with Gasteiger partial charge in [-0.1, -0.05) is 36.4 Å². The van der Waals surface area contributed by atoms with Crippen molar-refractivity contribution < 1.29 is 14.3 Å². The zero-order valence-electron chi connectivity index (χ0n) is 11.3. The van der Waals surface area contributed by atoms with Crippen LogP contribution in [0, 0.1) is 0 Å². The summed E-state index contributed by atoms with van der Waals surface area (Å²) in [6.07, 6.45) is 1.08. The van der Waals surface area contributed by atoms with Crippen LogP contribution in [-0.4, -0.2) is 17.9 Å². The highest BCUT2D eigenvalue weighted by Gasteiger charge is 2.31. The maximum atomic E-state index is 12.3. The van der Waals surface area contributed by atoms with Crippen LogP contribution in [0.3, 0.4) is 0 Å². The van der Waals surface area contributed by atoms with Crippen molar-refractivity contribution in [2.24, 2.45) is 0 Å². The third-order valence-electron chi connectivity index (χ3n) is 3.21. The fourth-order valence-corrected chi connectivity index (χ4v) is 2.57. The van der Waals surface area contributed by atoms with Crippen molar-refractivity contribution in [1.29, 1.82) is 0 Å². The standard InChI is InChI=1S/C16H15NO3S/c18-15(17-12-8-9-12)14(11-5-2-1-3-6-11)20-16(19)13-7-4-10-21-13/h1-7,10,12,14H,8-9H2,(H,17,18). The van der Waals surface area contributed by atoms with Crippen molar-refractivity contribution in [3.05, 3.63) is 58.3 Å². The Hall–Kier alpha value is -2.14. The van der Waals surface area contributed by atoms with Crippen LogP contribution in [0.5, 0.6) is 0 Å². The van der Waals surface area contributed by atoms with Crippen LogP contribution in [-0.2, 0) is 9.53 Å². The molecule has 0 aliphatic heterocycles. The van der Waals surface area contributed by atoms with E-state index in [4.69, 9.17) is 4.74 Å². The van der Waals surface area contributed by atoms with Crippen LogP contribution in [0.15, 0.2) is 47.8 Å². The minimum atomic E-state index is -0.901. The van der Waals surface area contributed by atoms with Crippen LogP contribution in [0.2, 0.25) is 0 Å². The number of esters is 1. The molecule has 1 heterocycles. The zero-order valence-corrected chi connectivity index (χ0v) is 12.1. The second-order valence-corrected chi connectivity index (χ2v) is 5.90. The normalized spacial score (nSPS) is 15.2. The molecule has 4 nitrogen and oxygen atoms in total. The molecule has 0 saturated heterocycles. The molecule has 2 aromatic rings. The van der Waals surface area contributed by atoms with Gasteiger partial charge in [0.05, 0.1) is 0 Å². The summed E-state index contributed by atoms with van der Waals surface area (Å²) in [5, 5.41) is 4.69. The summed E-state index contributed by atoms with van der Waals surface area (Å²) >= 11 is 1.30. The van der Waals surface area contributed by atoms with Gasteiger partial charge in [0, 0.05) is 11.6 Å². The number of nitrogens with one attached hydrogen (secondary N) is 1. The molecule has 1 aliphatic rings. The largest absolute Gasteiger partial charge is 0.443 e. The molecule has 1 unspecified atom stereocenters. The number of hydrogen-bond donors (Lipinski definition) is 1. The minimum absolute atomic E-state index is 0.226. The van der Waals surface area contributed by atoms with Crippen molar-refractivity contribution in [1.82, 2.24) is 5.32 Å². The maximum Gasteiger partial charge on any atom is 0.349 e. The molecule has 21 heavy (non-hydrogen) atoms. The Morgan fingerprint density at radius 2 is 1.90 bits per heavy atom. The fourth-order valence-electron chi connectivity index (χ4n) is 1.97. The first-order valence-electron chi connectivity index (χ1n) is 6.84. The lowest BCUT2D eigenvalue weighted by atomic mass is 10.1. The van der Waals surface area contributed by atoms with Crippen molar-refractivity contribution in [3.63, 3.8) is 0 Å². The third kappa shape index (κ3) is 3.49. The first kappa shape index (κ1) is 13.8. The molecule has 1 amide bonds. The Kier molecular flexibility index (Phi) is 4.01. The Bertz CT molecular complexity index is 620. The smallest absolute Gasteiger partial charge is 0.349 e. The Labute approximate surface area is 126 Å². The van der Waals surface area contributed by atoms with Crippen LogP contribution in [0.1, 0.15) is 34.2 Å². The molecule has 0 spiro atoms. The maximum absolute atomic E-state index is 12.3. The Morgan fingerprint density at radius 3 is 2.52 bits per heavy atom. The summed E-state index contributed by atoms with van der Waals surface area (Å²) in [4.78, 5) is 24.9. The topological polar surface area (TPSA) is 55.4 Å². The van der Waals surface area contributed by atoms with E-state index in [1.165, 1.54) is 11.3 Å². The van der Waals surface area contributed by atoms with Gasteiger partial charge in [0.25, 0.3) is 5.91 Å². The molecule has 1 fully saturated rings. The molecule has 0 radical (unpaired) electrons. The van der Waals surface area contributed by atoms with E-state index in [0.717, 1.165) is 12.8 Å². The van der Waals surface area contributed by atoms with Gasteiger partial charge < -0.3 is 10.1 Å². The van der Waals surface area contributed by atoms with Crippen LogP contribution in [0.4, 0.5) is 0 Å². The van der Waals surface area contributed by atoms with Gasteiger partial charge in [-0.2, -0.15) is 0 Å². The monoisotopic (exact) mass is 301 g/mol. The number of benzene rings is 1. The molecule has 1 atom stereocenters. The van der Waals surface area contributed by atoms with E-state index in [2.05, 4.69) is 5.32 Å². The predicted octanol–water partition coefficient (Wildman–Crippen LogP) is 2.92. The quantitative estimate of drug-likeness (QED) is 0.864. The molecule has 3 rings (SSSR count). The molecule has 108 valence electrons. The number of amides is 1. The minimum Gasteiger partial charge on any atom is -0.443 e. The molecule has 1 aliphatic carbocycles. The molecule has 1 N–H and O–H groups in total. The Balaban J connectivity index is 1.78. The second-order valence-electron chi connectivity index (χ2n) is 4.96. The number of ether oxygens (including phenoxy) is 1. The van der Waals surface area contributed by atoms with Crippen molar-refractivity contribution in [2.45, 2.75) is 25.0 Å². The molecule has 1 saturated carbocycles. The lowest BCUT2D eigenvalue weighted by Crippen LogP contribution is -2.33. The van der Waals surface area contributed by atoms with Gasteiger partial charge in [-0.05, 0) is 24.3 Å². The van der Waals surface area contributed by atoms with Gasteiger partial charge in [-0.3, -0.25) is 4.79 Å². The summed E-state index contributed by atoms with van der Waals surface area (Å²) in [5.41, 5.74) is 0.681. The SMILES string of the molecule is O=C(OC(C(=O)NC1CC1)c1ccccc1)c1cccs1. The van der Waals surface area contributed by atoms with Crippen LogP contribution >= 0.6 is 11.3 Å². The number of carbonyl (C=O) groups is 2. The number of carbonyl (C=O) groups excluding carboxylic acids is 2. The van der Waals surface area contributed by atoms with E-state index in [1.807, 2.05) is 18.2 Å². The van der Waals surface area contributed by atoms with E-state index in [1.54, 1.807) is 29.6 Å². The highest BCUT2D eigenvalue weighted by Crippen LogP contribution is 2.24. The van der Waals surface area contributed by atoms with Gasteiger partial charge in [0.1, 0.15) is 4.88 Å². The van der Waals surface area contributed by atoms with E-state index in [9.17, 15) is 9.59 Å². The van der Waals surface area contributed by atoms with Gasteiger partial charge in [-0.25, -0.2) is 4.79 Å². The molecule has 5 heteroatoms. The van der Waals surface area contributed by atoms with E-state index >= 15 is 0 Å². The highest BCUT2D eigenvalue weighted by molar-refractivity contribution is 7.11. The summed E-state index contributed by atoms with van der Waals surface area (Å²) in [5.74, 6) is -0.724. The lowest BCUT2D eigenvalue weighted by Gasteiger charge is -2.17. The average molecular weight is 301 g/mol. The first-order chi connectivity index (χ1) is 10.2. The van der Waals surface area contributed by atoms with E-state index in [0.29, 0.717) is 10.4 Å².